The van der Waals surface area contributed by atoms with Crippen LogP contribution in [0.25, 0.3) is 10.9 Å². The SMILES string of the molecule is Cn1cc(Br)c2c(C3(N)CCC3)cccc21. The van der Waals surface area contributed by atoms with E-state index in [0.717, 1.165) is 17.3 Å². The minimum absolute atomic E-state index is 0.0939. The zero-order chi connectivity index (χ0) is 11.3. The summed E-state index contributed by atoms with van der Waals surface area (Å²) in [5.41, 5.74) is 8.89. The Bertz CT molecular complexity index is 552. The van der Waals surface area contributed by atoms with Crippen LogP contribution in [-0.2, 0) is 12.6 Å². The molecule has 0 aliphatic heterocycles. The normalized spacial score (nSPS) is 18.7. The summed E-state index contributed by atoms with van der Waals surface area (Å²) in [5.74, 6) is 0. The summed E-state index contributed by atoms with van der Waals surface area (Å²) in [7, 11) is 2.07. The van der Waals surface area contributed by atoms with Crippen molar-refractivity contribution in [3.63, 3.8) is 0 Å². The Balaban J connectivity index is 2.32. The minimum Gasteiger partial charge on any atom is -0.349 e. The zero-order valence-corrected chi connectivity index (χ0v) is 10.9. The Morgan fingerprint density at radius 1 is 1.38 bits per heavy atom. The zero-order valence-electron chi connectivity index (χ0n) is 9.33. The van der Waals surface area contributed by atoms with Crippen LogP contribution >= 0.6 is 15.9 Å². The number of hydrogen-bond donors (Lipinski definition) is 1. The average Bonchev–Trinajstić information content (AvgIpc) is 2.52. The molecule has 0 saturated heterocycles. The number of aromatic nitrogens is 1. The molecule has 1 aliphatic rings. The highest BCUT2D eigenvalue weighted by Gasteiger charge is 2.36. The molecule has 1 fully saturated rings. The molecule has 0 unspecified atom stereocenters. The highest BCUT2D eigenvalue weighted by atomic mass is 79.9. The summed E-state index contributed by atoms with van der Waals surface area (Å²) in [6.45, 7) is 0. The lowest BCUT2D eigenvalue weighted by atomic mass is 9.72. The van der Waals surface area contributed by atoms with Crippen molar-refractivity contribution in [2.24, 2.45) is 12.8 Å². The largest absolute Gasteiger partial charge is 0.349 e. The second-order valence-corrected chi connectivity index (χ2v) is 5.65. The van der Waals surface area contributed by atoms with Crippen molar-refractivity contribution in [2.45, 2.75) is 24.8 Å². The number of aryl methyl sites for hydroxylation is 1. The summed E-state index contributed by atoms with van der Waals surface area (Å²) < 4.78 is 3.29. The molecule has 0 atom stereocenters. The molecule has 16 heavy (non-hydrogen) atoms. The number of fused-ring (bicyclic) bond motifs is 1. The molecule has 3 heteroatoms. The number of benzene rings is 1. The minimum atomic E-state index is -0.0939. The van der Waals surface area contributed by atoms with E-state index in [1.807, 2.05) is 0 Å². The Morgan fingerprint density at radius 2 is 2.12 bits per heavy atom. The van der Waals surface area contributed by atoms with E-state index in [1.54, 1.807) is 0 Å². The van der Waals surface area contributed by atoms with Gasteiger partial charge in [-0.2, -0.15) is 0 Å². The van der Waals surface area contributed by atoms with Gasteiger partial charge in [0.25, 0.3) is 0 Å². The standard InChI is InChI=1S/C13H15BrN2/c1-16-8-10(14)12-9(4-2-5-11(12)16)13(15)6-3-7-13/h2,4-5,8H,3,6-7,15H2,1H3. The molecule has 1 heterocycles. The second kappa shape index (κ2) is 3.34. The van der Waals surface area contributed by atoms with Gasteiger partial charge in [-0.3, -0.25) is 0 Å². The van der Waals surface area contributed by atoms with E-state index >= 15 is 0 Å². The fourth-order valence-electron chi connectivity index (χ4n) is 2.63. The summed E-state index contributed by atoms with van der Waals surface area (Å²) in [6.07, 6.45) is 5.56. The van der Waals surface area contributed by atoms with Gasteiger partial charge in [0.05, 0.1) is 0 Å². The molecule has 2 aromatic rings. The fourth-order valence-corrected chi connectivity index (χ4v) is 3.35. The van der Waals surface area contributed by atoms with Gasteiger partial charge in [-0.15, -0.1) is 0 Å². The van der Waals surface area contributed by atoms with Crippen LogP contribution in [0.2, 0.25) is 0 Å². The number of nitrogens with zero attached hydrogens (tertiary/aromatic N) is 1. The third-order valence-corrected chi connectivity index (χ3v) is 4.35. The number of nitrogens with two attached hydrogens (primary N) is 1. The van der Waals surface area contributed by atoms with Gasteiger partial charge >= 0.3 is 0 Å². The van der Waals surface area contributed by atoms with E-state index in [-0.39, 0.29) is 5.54 Å². The lowest BCUT2D eigenvalue weighted by Crippen LogP contribution is -2.43. The highest BCUT2D eigenvalue weighted by Crippen LogP contribution is 2.43. The Kier molecular flexibility index (Phi) is 2.17. The Hall–Kier alpha value is -0.800. The fraction of sp³-hybridized carbons (Fsp3) is 0.385. The topological polar surface area (TPSA) is 30.9 Å². The quantitative estimate of drug-likeness (QED) is 0.853. The molecule has 2 N–H and O–H groups in total. The third-order valence-electron chi connectivity index (χ3n) is 3.75. The van der Waals surface area contributed by atoms with Crippen molar-refractivity contribution in [1.29, 1.82) is 0 Å². The van der Waals surface area contributed by atoms with Gasteiger partial charge in [0.2, 0.25) is 0 Å². The summed E-state index contributed by atoms with van der Waals surface area (Å²) >= 11 is 3.64. The summed E-state index contributed by atoms with van der Waals surface area (Å²) in [5, 5.41) is 1.28. The molecular formula is C13H15BrN2. The maximum absolute atomic E-state index is 6.44. The van der Waals surface area contributed by atoms with Crippen LogP contribution in [0.15, 0.2) is 28.9 Å². The van der Waals surface area contributed by atoms with E-state index in [0.29, 0.717) is 0 Å². The Morgan fingerprint density at radius 3 is 2.75 bits per heavy atom. The summed E-state index contributed by atoms with van der Waals surface area (Å²) in [6, 6.07) is 6.43. The van der Waals surface area contributed by atoms with Crippen molar-refractivity contribution in [3.8, 4) is 0 Å². The van der Waals surface area contributed by atoms with E-state index < -0.39 is 0 Å². The van der Waals surface area contributed by atoms with Gasteiger partial charge in [0, 0.05) is 34.2 Å². The third kappa shape index (κ3) is 1.28. The first-order valence-electron chi connectivity index (χ1n) is 5.65. The first kappa shape index (κ1) is 10.4. The van der Waals surface area contributed by atoms with Crippen LogP contribution in [0.4, 0.5) is 0 Å². The van der Waals surface area contributed by atoms with E-state index in [2.05, 4.69) is 51.9 Å². The molecule has 1 aliphatic carbocycles. The molecule has 84 valence electrons. The first-order valence-corrected chi connectivity index (χ1v) is 6.44. The van der Waals surface area contributed by atoms with E-state index in [9.17, 15) is 0 Å². The lowest BCUT2D eigenvalue weighted by molar-refractivity contribution is 0.256. The van der Waals surface area contributed by atoms with Gasteiger partial charge in [0.15, 0.2) is 0 Å². The van der Waals surface area contributed by atoms with Crippen molar-refractivity contribution >= 4 is 26.8 Å². The molecule has 3 rings (SSSR count). The van der Waals surface area contributed by atoms with Gasteiger partial charge < -0.3 is 10.3 Å². The highest BCUT2D eigenvalue weighted by molar-refractivity contribution is 9.10. The van der Waals surface area contributed by atoms with Crippen molar-refractivity contribution in [3.05, 3.63) is 34.4 Å². The molecule has 0 bridgehead atoms. The number of rotatable bonds is 1. The number of halogens is 1. The molecule has 0 amide bonds. The van der Waals surface area contributed by atoms with Crippen molar-refractivity contribution in [2.75, 3.05) is 0 Å². The van der Waals surface area contributed by atoms with Crippen LogP contribution in [0.1, 0.15) is 24.8 Å². The van der Waals surface area contributed by atoms with Crippen molar-refractivity contribution in [1.82, 2.24) is 4.57 Å². The molecule has 1 aromatic heterocycles. The van der Waals surface area contributed by atoms with Crippen LogP contribution < -0.4 is 5.73 Å². The maximum Gasteiger partial charge on any atom is 0.0492 e. The van der Waals surface area contributed by atoms with Gasteiger partial charge in [-0.1, -0.05) is 12.1 Å². The Labute approximate surface area is 104 Å². The first-order chi connectivity index (χ1) is 7.62. The van der Waals surface area contributed by atoms with Crippen LogP contribution in [0, 0.1) is 0 Å². The average molecular weight is 279 g/mol. The molecular weight excluding hydrogens is 264 g/mol. The number of hydrogen-bond acceptors (Lipinski definition) is 1. The van der Waals surface area contributed by atoms with E-state index in [1.165, 1.54) is 22.9 Å². The second-order valence-electron chi connectivity index (χ2n) is 4.80. The van der Waals surface area contributed by atoms with E-state index in [4.69, 9.17) is 5.73 Å². The lowest BCUT2D eigenvalue weighted by Gasteiger charge is -2.39. The molecule has 1 aromatic carbocycles. The summed E-state index contributed by atoms with van der Waals surface area (Å²) in [4.78, 5) is 0. The molecule has 1 saturated carbocycles. The van der Waals surface area contributed by atoms with Gasteiger partial charge in [-0.05, 0) is 46.8 Å². The predicted octanol–water partition coefficient (Wildman–Crippen LogP) is 3.28. The maximum atomic E-state index is 6.44. The van der Waals surface area contributed by atoms with Crippen LogP contribution in [0.5, 0.6) is 0 Å². The molecule has 0 spiro atoms. The molecule has 2 nitrogen and oxygen atoms in total. The van der Waals surface area contributed by atoms with Crippen molar-refractivity contribution < 1.29 is 0 Å². The predicted molar refractivity (Wildman–Crippen MR) is 70.3 cm³/mol. The van der Waals surface area contributed by atoms with Crippen LogP contribution in [-0.4, -0.2) is 4.57 Å². The molecule has 0 radical (unpaired) electrons. The van der Waals surface area contributed by atoms with Crippen LogP contribution in [0.3, 0.4) is 0 Å². The van der Waals surface area contributed by atoms with Gasteiger partial charge in [0.1, 0.15) is 0 Å². The smallest absolute Gasteiger partial charge is 0.0492 e. The van der Waals surface area contributed by atoms with Gasteiger partial charge in [-0.25, -0.2) is 0 Å². The monoisotopic (exact) mass is 278 g/mol.